The maximum atomic E-state index is 3.15. The summed E-state index contributed by atoms with van der Waals surface area (Å²) >= 11 is 0. The monoisotopic (exact) mass is 373 g/mol. The topological polar surface area (TPSA) is 0 Å². The van der Waals surface area contributed by atoms with Gasteiger partial charge in [0.1, 0.15) is 0 Å². The van der Waals surface area contributed by atoms with Crippen LogP contribution in [0.1, 0.15) is 55.4 Å². The summed E-state index contributed by atoms with van der Waals surface area (Å²) in [4.78, 5) is 0. The maximum absolute atomic E-state index is 3.15. The normalized spacial score (nSPS) is 8.55. The second-order valence-corrected chi connectivity index (χ2v) is 5.55. The molecule has 0 saturated carbocycles. The zero-order chi connectivity index (χ0) is 16.7. The summed E-state index contributed by atoms with van der Waals surface area (Å²) in [6.45, 7) is 16.8. The Labute approximate surface area is 164 Å². The van der Waals surface area contributed by atoms with Crippen molar-refractivity contribution in [2.24, 2.45) is 5.41 Å². The summed E-state index contributed by atoms with van der Waals surface area (Å²) < 4.78 is 0. The Kier molecular flexibility index (Phi) is 20.3. The smallest absolute Gasteiger partial charge is 0 e. The third kappa shape index (κ3) is 17.6. The van der Waals surface area contributed by atoms with E-state index in [4.69, 9.17) is 0 Å². The maximum Gasteiger partial charge on any atom is 0 e. The molecule has 0 bridgehead atoms. The molecular formula is C21H32Y-2. The first-order chi connectivity index (χ1) is 9.97. The largest absolute Gasteiger partial charge is 0.226 e. The average molecular weight is 373 g/mol. The Morgan fingerprint density at radius 1 is 0.636 bits per heavy atom. The molecule has 0 amide bonds. The van der Waals surface area contributed by atoms with Crippen LogP contribution in [0.25, 0.3) is 11.1 Å². The fourth-order valence-corrected chi connectivity index (χ4v) is 1.12. The van der Waals surface area contributed by atoms with Gasteiger partial charge in [0.2, 0.25) is 0 Å². The molecule has 0 nitrogen and oxygen atoms in total. The Morgan fingerprint density at radius 3 is 1.09 bits per heavy atom. The molecule has 0 unspecified atom stereocenters. The van der Waals surface area contributed by atoms with Gasteiger partial charge in [0.15, 0.2) is 0 Å². The third-order valence-electron chi connectivity index (χ3n) is 1.71. The van der Waals surface area contributed by atoms with E-state index >= 15 is 0 Å². The van der Waals surface area contributed by atoms with Crippen LogP contribution in [0, 0.1) is 17.5 Å². The van der Waals surface area contributed by atoms with Gasteiger partial charge in [0.25, 0.3) is 0 Å². The quantitative estimate of drug-likeness (QED) is 0.470. The second-order valence-electron chi connectivity index (χ2n) is 5.55. The van der Waals surface area contributed by atoms with E-state index in [2.05, 4.69) is 39.8 Å². The summed E-state index contributed by atoms with van der Waals surface area (Å²) in [5.41, 5.74) is 2.69. The second kappa shape index (κ2) is 16.9. The van der Waals surface area contributed by atoms with Crippen molar-refractivity contribution in [2.45, 2.75) is 55.4 Å². The molecule has 0 aliphatic rings. The molecule has 0 aromatic heterocycles. The molecule has 121 valence electrons. The van der Waals surface area contributed by atoms with E-state index < -0.39 is 0 Å². The van der Waals surface area contributed by atoms with Gasteiger partial charge in [-0.3, -0.25) is 0 Å². The van der Waals surface area contributed by atoms with E-state index in [1.807, 2.05) is 76.2 Å². The van der Waals surface area contributed by atoms with Crippen LogP contribution >= 0.6 is 0 Å². The summed E-state index contributed by atoms with van der Waals surface area (Å²) in [5.74, 6) is 0. The Morgan fingerprint density at radius 2 is 0.909 bits per heavy atom. The minimum Gasteiger partial charge on any atom is -0.226 e. The van der Waals surface area contributed by atoms with Gasteiger partial charge in [-0.2, -0.15) is 48.5 Å². The Balaban J connectivity index is -0.000000311. The minimum atomic E-state index is 0. The van der Waals surface area contributed by atoms with Gasteiger partial charge in [0.05, 0.1) is 0 Å². The molecule has 0 atom stereocenters. The van der Waals surface area contributed by atoms with E-state index in [0.717, 1.165) is 11.1 Å². The van der Waals surface area contributed by atoms with Crippen LogP contribution in [0.3, 0.4) is 0 Å². The molecule has 0 spiro atoms. The molecule has 0 N–H and O–H groups in total. The molecule has 22 heavy (non-hydrogen) atoms. The SMILES string of the molecule is CC.CC.CC(C)(C)C.[Y].[c-]1ccccc1-c1[c-]cccc1. The van der Waals surface area contributed by atoms with Gasteiger partial charge in [-0.15, -0.1) is 12.1 Å². The number of hydrogen-bond acceptors (Lipinski definition) is 0. The minimum absolute atomic E-state index is 0. The zero-order valence-electron chi connectivity index (χ0n) is 15.7. The number of benzene rings is 2. The van der Waals surface area contributed by atoms with Crippen LogP contribution in [-0.2, 0) is 32.7 Å². The van der Waals surface area contributed by atoms with Crippen molar-refractivity contribution in [3.8, 4) is 11.1 Å². The molecule has 2 aromatic rings. The Hall–Kier alpha value is -0.456. The van der Waals surface area contributed by atoms with Gasteiger partial charge >= 0.3 is 0 Å². The van der Waals surface area contributed by atoms with Crippen molar-refractivity contribution in [3.63, 3.8) is 0 Å². The van der Waals surface area contributed by atoms with E-state index in [-0.39, 0.29) is 32.7 Å². The van der Waals surface area contributed by atoms with Crippen LogP contribution in [0.5, 0.6) is 0 Å². The Bertz CT molecular complexity index is 369. The molecule has 0 fully saturated rings. The molecule has 2 rings (SSSR count). The van der Waals surface area contributed by atoms with Gasteiger partial charge in [0, 0.05) is 32.7 Å². The molecule has 0 aliphatic heterocycles. The molecule has 0 aliphatic carbocycles. The molecular weight excluding hydrogens is 341 g/mol. The summed E-state index contributed by atoms with van der Waals surface area (Å²) in [6.07, 6.45) is 0. The zero-order valence-corrected chi connectivity index (χ0v) is 18.5. The fourth-order valence-electron chi connectivity index (χ4n) is 1.12. The van der Waals surface area contributed by atoms with Crippen molar-refractivity contribution in [3.05, 3.63) is 60.7 Å². The van der Waals surface area contributed by atoms with E-state index in [1.165, 1.54) is 0 Å². The molecule has 1 heteroatoms. The van der Waals surface area contributed by atoms with E-state index in [0.29, 0.717) is 5.41 Å². The first-order valence-electron chi connectivity index (χ1n) is 7.90. The van der Waals surface area contributed by atoms with Crippen LogP contribution < -0.4 is 0 Å². The first-order valence-corrected chi connectivity index (χ1v) is 7.90. The predicted molar refractivity (Wildman–Crippen MR) is 97.4 cm³/mol. The van der Waals surface area contributed by atoms with Gasteiger partial charge in [-0.1, -0.05) is 55.4 Å². The van der Waals surface area contributed by atoms with Crippen LogP contribution in [0.2, 0.25) is 0 Å². The molecule has 2 aromatic carbocycles. The third-order valence-corrected chi connectivity index (χ3v) is 1.71. The molecule has 0 saturated heterocycles. The van der Waals surface area contributed by atoms with Crippen LogP contribution in [0.4, 0.5) is 0 Å². The van der Waals surface area contributed by atoms with Gasteiger partial charge < -0.3 is 0 Å². The molecule has 0 heterocycles. The van der Waals surface area contributed by atoms with Crippen molar-refractivity contribution in [1.29, 1.82) is 0 Å². The summed E-state index contributed by atoms with van der Waals surface area (Å²) in [5, 5.41) is 0. The number of hydrogen-bond donors (Lipinski definition) is 0. The average Bonchev–Trinajstić information content (AvgIpc) is 2.51. The molecule has 1 radical (unpaired) electrons. The van der Waals surface area contributed by atoms with Crippen molar-refractivity contribution < 1.29 is 32.7 Å². The van der Waals surface area contributed by atoms with Crippen LogP contribution in [0.15, 0.2) is 48.5 Å². The van der Waals surface area contributed by atoms with Gasteiger partial charge in [-0.25, -0.2) is 11.1 Å². The van der Waals surface area contributed by atoms with E-state index in [9.17, 15) is 0 Å². The first kappa shape index (κ1) is 26.4. The standard InChI is InChI=1S/C12H8.C5H12.2C2H6.Y/c1-3-7-11(8-4-1)12-9-5-2-6-10-12;1-5(2,3)4;2*1-2;/h1-7,9H;1-4H3;2*1-2H3;/q-2;;;;. The fraction of sp³-hybridized carbons (Fsp3) is 0.429. The summed E-state index contributed by atoms with van der Waals surface area (Å²) in [7, 11) is 0. The van der Waals surface area contributed by atoms with Crippen molar-refractivity contribution in [2.75, 3.05) is 0 Å². The van der Waals surface area contributed by atoms with Crippen molar-refractivity contribution in [1.82, 2.24) is 0 Å². The van der Waals surface area contributed by atoms with Gasteiger partial charge in [-0.05, 0) is 5.41 Å². The summed E-state index contributed by atoms with van der Waals surface area (Å²) in [6, 6.07) is 22.1. The van der Waals surface area contributed by atoms with Crippen molar-refractivity contribution >= 4 is 0 Å². The van der Waals surface area contributed by atoms with E-state index in [1.54, 1.807) is 0 Å². The predicted octanol–water partition coefficient (Wildman–Crippen LogP) is 7.06. The number of rotatable bonds is 1. The van der Waals surface area contributed by atoms with Crippen LogP contribution in [-0.4, -0.2) is 0 Å².